The van der Waals surface area contributed by atoms with E-state index in [1.807, 2.05) is 0 Å². The molecule has 0 aromatic rings. The molecule has 0 aromatic carbocycles. The average Bonchev–Trinajstić information content (AvgIpc) is 3.28. The summed E-state index contributed by atoms with van der Waals surface area (Å²) in [6, 6.07) is 0. The predicted octanol–water partition coefficient (Wildman–Crippen LogP) is 11.9. The van der Waals surface area contributed by atoms with Gasteiger partial charge in [0.05, 0.1) is 19.8 Å². The van der Waals surface area contributed by atoms with Crippen molar-refractivity contribution in [3.8, 4) is 0 Å². The van der Waals surface area contributed by atoms with Gasteiger partial charge in [-0.05, 0) is 51.4 Å². The third kappa shape index (κ3) is 36.7. The van der Waals surface area contributed by atoms with Crippen molar-refractivity contribution in [2.75, 3.05) is 26.4 Å². The number of carbonyl (C=O) groups excluding carboxylic acids is 1. The SMILES string of the molecule is CC/C=C\C/C=C\C/C=C\C/C=C\CCCCCCC(=O)OC(COCCCCCCCCCCCCCCCCCCCCCCC)COC1OC(CO)C(O)C(OS(=O)(=O)O)C1O. The van der Waals surface area contributed by atoms with Gasteiger partial charge < -0.3 is 34.3 Å². The normalized spacial score (nSPS) is 20.0. The molecule has 0 bridgehead atoms. The van der Waals surface area contributed by atoms with Crippen LogP contribution in [0.1, 0.15) is 213 Å². The van der Waals surface area contributed by atoms with Crippen LogP contribution in [0.5, 0.6) is 0 Å². The summed E-state index contributed by atoms with van der Waals surface area (Å²) in [5.41, 5.74) is 0. The molecule has 1 aliphatic rings. The van der Waals surface area contributed by atoms with Crippen molar-refractivity contribution in [1.82, 2.24) is 0 Å². The number of aliphatic hydroxyl groups is 3. The molecule has 12 nitrogen and oxygen atoms in total. The third-order valence-corrected chi connectivity index (χ3v) is 12.2. The fraction of sp³-hybridized carbons (Fsp3) is 0.827. The van der Waals surface area contributed by atoms with Crippen LogP contribution in [0.25, 0.3) is 0 Å². The topological polar surface area (TPSA) is 178 Å². The highest BCUT2D eigenvalue weighted by Gasteiger charge is 2.48. The van der Waals surface area contributed by atoms with E-state index >= 15 is 0 Å². The van der Waals surface area contributed by atoms with E-state index in [-0.39, 0.29) is 19.6 Å². The van der Waals surface area contributed by atoms with Gasteiger partial charge in [-0.15, -0.1) is 0 Å². The van der Waals surface area contributed by atoms with Gasteiger partial charge in [-0.2, -0.15) is 8.42 Å². The molecule has 4 N–H and O–H groups in total. The number of aliphatic hydroxyl groups excluding tert-OH is 3. The van der Waals surface area contributed by atoms with E-state index in [2.05, 4.69) is 66.6 Å². The Hall–Kier alpha value is -1.94. The highest BCUT2D eigenvalue weighted by molar-refractivity contribution is 7.80. The Bertz CT molecular complexity index is 1320. The van der Waals surface area contributed by atoms with Crippen LogP contribution in [0, 0.1) is 0 Å². The molecule has 6 atom stereocenters. The summed E-state index contributed by atoms with van der Waals surface area (Å²) in [7, 11) is -5.07. The molecule has 6 unspecified atom stereocenters. The van der Waals surface area contributed by atoms with E-state index in [1.54, 1.807) is 0 Å². The van der Waals surface area contributed by atoms with Gasteiger partial charge in [0, 0.05) is 13.0 Å². The summed E-state index contributed by atoms with van der Waals surface area (Å²) in [6.45, 7) is 3.88. The maximum Gasteiger partial charge on any atom is 0.397 e. The Kier molecular flexibility index (Phi) is 40.7. The molecule has 1 heterocycles. The Balaban J connectivity index is 2.36. The number of ether oxygens (including phenoxy) is 4. The highest BCUT2D eigenvalue weighted by atomic mass is 32.3. The standard InChI is InChI=1S/C52H94O12S/c1-3-5-7-9-11-13-15-17-19-21-22-23-24-26-28-30-32-34-36-38-40-42-60-44-46(45-61-52-50(56)51(64-65(57,58)59)49(55)47(43-53)63-52)62-48(54)41-39-37-35-33-31-29-27-25-20-18-16-14-12-10-8-6-4-2/h6,8,12,14,18,20,27,29,46-47,49-53,55-56H,3-5,7,9-11,13,15-17,19,21-26,28,30-45H2,1-2H3,(H,57,58,59)/b8-6-,14-12-,20-18-,29-27-. The number of hydrogen-bond donors (Lipinski definition) is 4. The summed E-state index contributed by atoms with van der Waals surface area (Å²) in [6.07, 6.45) is 44.3. The van der Waals surface area contributed by atoms with Crippen molar-refractivity contribution in [2.24, 2.45) is 0 Å². The number of rotatable bonds is 45. The van der Waals surface area contributed by atoms with Gasteiger partial charge >= 0.3 is 16.4 Å². The molecule has 1 aliphatic heterocycles. The minimum Gasteiger partial charge on any atom is -0.457 e. The molecule has 1 saturated heterocycles. The van der Waals surface area contributed by atoms with Crippen LogP contribution in [0.4, 0.5) is 0 Å². The summed E-state index contributed by atoms with van der Waals surface area (Å²) < 4.78 is 59.2. The predicted molar refractivity (Wildman–Crippen MR) is 262 cm³/mol. The second kappa shape index (κ2) is 43.3. The monoisotopic (exact) mass is 943 g/mol. The van der Waals surface area contributed by atoms with Crippen LogP contribution in [0.15, 0.2) is 48.6 Å². The molecule has 0 aromatic heterocycles. The van der Waals surface area contributed by atoms with Gasteiger partial charge in [0.25, 0.3) is 0 Å². The minimum atomic E-state index is -5.07. The number of unbranched alkanes of at least 4 members (excludes halogenated alkanes) is 24. The highest BCUT2D eigenvalue weighted by Crippen LogP contribution is 2.26. The summed E-state index contributed by atoms with van der Waals surface area (Å²) in [5, 5.41) is 30.8. The lowest BCUT2D eigenvalue weighted by Gasteiger charge is -2.41. The molecular formula is C52H94O12S. The van der Waals surface area contributed by atoms with Crippen molar-refractivity contribution < 1.29 is 56.2 Å². The first-order valence-electron chi connectivity index (χ1n) is 25.9. The quantitative estimate of drug-likeness (QED) is 0.0197. The van der Waals surface area contributed by atoms with Crippen molar-refractivity contribution in [2.45, 2.75) is 250 Å². The molecule has 0 saturated carbocycles. The molecule has 380 valence electrons. The van der Waals surface area contributed by atoms with E-state index in [0.29, 0.717) is 13.0 Å². The maximum absolute atomic E-state index is 12.9. The summed E-state index contributed by atoms with van der Waals surface area (Å²) in [4.78, 5) is 12.9. The van der Waals surface area contributed by atoms with Gasteiger partial charge in [-0.3, -0.25) is 9.35 Å². The van der Waals surface area contributed by atoms with Gasteiger partial charge in [-0.25, -0.2) is 4.18 Å². The van der Waals surface area contributed by atoms with E-state index in [9.17, 15) is 33.1 Å². The number of hydrogen-bond acceptors (Lipinski definition) is 11. The fourth-order valence-electron chi connectivity index (χ4n) is 7.84. The van der Waals surface area contributed by atoms with E-state index < -0.39 is 59.8 Å². The molecule has 13 heteroatoms. The first kappa shape index (κ1) is 61.1. The van der Waals surface area contributed by atoms with Gasteiger partial charge in [0.2, 0.25) is 0 Å². The van der Waals surface area contributed by atoms with Gasteiger partial charge in [0.15, 0.2) is 6.29 Å². The van der Waals surface area contributed by atoms with Crippen molar-refractivity contribution in [3.63, 3.8) is 0 Å². The van der Waals surface area contributed by atoms with Crippen LogP contribution in [-0.2, 0) is 38.3 Å². The van der Waals surface area contributed by atoms with Crippen LogP contribution in [0.3, 0.4) is 0 Å². The van der Waals surface area contributed by atoms with E-state index in [4.69, 9.17) is 18.9 Å². The van der Waals surface area contributed by atoms with Crippen LogP contribution >= 0.6 is 0 Å². The van der Waals surface area contributed by atoms with E-state index in [1.165, 1.54) is 116 Å². The average molecular weight is 943 g/mol. The molecule has 0 radical (unpaired) electrons. The molecule has 65 heavy (non-hydrogen) atoms. The van der Waals surface area contributed by atoms with Crippen LogP contribution < -0.4 is 0 Å². The Morgan fingerprint density at radius 3 is 1.55 bits per heavy atom. The van der Waals surface area contributed by atoms with Gasteiger partial charge in [-0.1, -0.05) is 204 Å². The number of carbonyl (C=O) groups is 1. The van der Waals surface area contributed by atoms with Gasteiger partial charge in [0.1, 0.15) is 30.5 Å². The largest absolute Gasteiger partial charge is 0.457 e. The molecule has 0 amide bonds. The molecule has 0 aliphatic carbocycles. The maximum atomic E-state index is 12.9. The second-order valence-electron chi connectivity index (χ2n) is 17.7. The first-order valence-corrected chi connectivity index (χ1v) is 27.3. The smallest absolute Gasteiger partial charge is 0.397 e. The minimum absolute atomic E-state index is 0.0274. The zero-order valence-electron chi connectivity index (χ0n) is 40.8. The van der Waals surface area contributed by atoms with Crippen LogP contribution in [0.2, 0.25) is 0 Å². The fourth-order valence-corrected chi connectivity index (χ4v) is 8.35. The Morgan fingerprint density at radius 1 is 0.600 bits per heavy atom. The van der Waals surface area contributed by atoms with Crippen molar-refractivity contribution in [1.29, 1.82) is 0 Å². The zero-order valence-corrected chi connectivity index (χ0v) is 41.6. The van der Waals surface area contributed by atoms with Crippen molar-refractivity contribution >= 4 is 16.4 Å². The zero-order chi connectivity index (χ0) is 47.5. The lowest BCUT2D eigenvalue weighted by atomic mass is 9.99. The lowest BCUT2D eigenvalue weighted by Crippen LogP contribution is -2.60. The molecule has 0 spiro atoms. The third-order valence-electron chi connectivity index (χ3n) is 11.7. The second-order valence-corrected chi connectivity index (χ2v) is 18.8. The Morgan fingerprint density at radius 2 is 1.06 bits per heavy atom. The molecule has 1 rings (SSSR count). The number of esters is 1. The lowest BCUT2D eigenvalue weighted by molar-refractivity contribution is -0.301. The van der Waals surface area contributed by atoms with E-state index in [0.717, 1.165) is 70.6 Å². The number of allylic oxidation sites excluding steroid dienone is 8. The Labute approximate surface area is 396 Å². The molecule has 1 fully saturated rings. The van der Waals surface area contributed by atoms with Crippen molar-refractivity contribution in [3.05, 3.63) is 48.6 Å². The van der Waals surface area contributed by atoms with Crippen LogP contribution in [-0.4, -0.2) is 97.5 Å². The first-order chi connectivity index (χ1) is 31.6. The summed E-state index contributed by atoms with van der Waals surface area (Å²) in [5.74, 6) is -0.420. The summed E-state index contributed by atoms with van der Waals surface area (Å²) >= 11 is 0. The molecular weight excluding hydrogens is 849 g/mol.